The monoisotopic (exact) mass is 265 g/mol. The Morgan fingerprint density at radius 2 is 2.32 bits per heavy atom. The molecule has 5 amide bonds. The number of anilines is 1. The Labute approximate surface area is 107 Å². The van der Waals surface area contributed by atoms with Gasteiger partial charge in [0.05, 0.1) is 7.11 Å². The van der Waals surface area contributed by atoms with Crippen molar-refractivity contribution in [2.45, 2.75) is 0 Å². The minimum atomic E-state index is -0.684. The van der Waals surface area contributed by atoms with E-state index in [2.05, 4.69) is 15.7 Å². The molecule has 2 rings (SSSR count). The van der Waals surface area contributed by atoms with Gasteiger partial charge in [-0.3, -0.25) is 10.1 Å². The lowest BCUT2D eigenvalue weighted by atomic mass is 10.4. The first-order chi connectivity index (χ1) is 9.10. The molecule has 0 aliphatic carbocycles. The summed E-state index contributed by atoms with van der Waals surface area (Å²) in [6.45, 7) is -0.226. The van der Waals surface area contributed by atoms with Gasteiger partial charge in [0, 0.05) is 6.20 Å². The van der Waals surface area contributed by atoms with Crippen LogP contribution in [0.1, 0.15) is 0 Å². The first-order valence-corrected chi connectivity index (χ1v) is 5.28. The number of imide groups is 1. The quantitative estimate of drug-likeness (QED) is 0.648. The summed E-state index contributed by atoms with van der Waals surface area (Å²) in [5, 5.41) is 5.34. The number of nitrogens with one attached hydrogen (secondary N) is 3. The van der Waals surface area contributed by atoms with Crippen LogP contribution < -0.4 is 20.8 Å². The molecule has 2 heterocycles. The van der Waals surface area contributed by atoms with Crippen LogP contribution in [0, 0.1) is 0 Å². The number of hydrogen-bond donors (Lipinski definition) is 3. The van der Waals surface area contributed by atoms with Crippen LogP contribution in [0.25, 0.3) is 0 Å². The second-order valence-electron chi connectivity index (χ2n) is 3.57. The smallest absolute Gasteiger partial charge is 0.343 e. The average Bonchev–Trinajstić information content (AvgIpc) is 2.68. The fraction of sp³-hybridized carbons (Fsp3) is 0.200. The van der Waals surface area contributed by atoms with E-state index in [1.807, 2.05) is 5.32 Å². The molecule has 1 aliphatic rings. The highest BCUT2D eigenvalue weighted by molar-refractivity contribution is 6.03. The fourth-order valence-corrected chi connectivity index (χ4v) is 1.45. The van der Waals surface area contributed by atoms with Gasteiger partial charge in [-0.05, 0) is 12.1 Å². The molecule has 0 atom stereocenters. The maximum absolute atomic E-state index is 11.7. The van der Waals surface area contributed by atoms with Crippen LogP contribution in [0.15, 0.2) is 18.3 Å². The second-order valence-corrected chi connectivity index (χ2v) is 3.57. The summed E-state index contributed by atoms with van der Waals surface area (Å²) in [7, 11) is 1.41. The molecule has 0 aromatic carbocycles. The minimum absolute atomic E-state index is 0.226. The number of carbonyl (C=O) groups excluding carboxylic acids is 3. The SMILES string of the molecule is COc1ncccc1NC(=O)NN1CC(=O)NC1=O. The van der Waals surface area contributed by atoms with Crippen LogP contribution >= 0.6 is 0 Å². The number of hydrogen-bond acceptors (Lipinski definition) is 5. The summed E-state index contributed by atoms with van der Waals surface area (Å²) in [4.78, 5) is 37.7. The van der Waals surface area contributed by atoms with Gasteiger partial charge in [0.1, 0.15) is 12.2 Å². The molecule has 9 nitrogen and oxygen atoms in total. The van der Waals surface area contributed by atoms with Crippen molar-refractivity contribution in [2.24, 2.45) is 0 Å². The van der Waals surface area contributed by atoms with Gasteiger partial charge in [-0.25, -0.2) is 25.0 Å². The van der Waals surface area contributed by atoms with Crippen molar-refractivity contribution in [1.82, 2.24) is 20.7 Å². The highest BCUT2D eigenvalue weighted by Gasteiger charge is 2.28. The third-order valence-electron chi connectivity index (χ3n) is 2.24. The number of nitrogens with zero attached hydrogens (tertiary/aromatic N) is 2. The van der Waals surface area contributed by atoms with E-state index in [0.29, 0.717) is 5.69 Å². The van der Waals surface area contributed by atoms with Crippen LogP contribution in [0.2, 0.25) is 0 Å². The molecule has 0 unspecified atom stereocenters. The molecule has 9 heteroatoms. The van der Waals surface area contributed by atoms with Crippen LogP contribution in [0.4, 0.5) is 15.3 Å². The zero-order valence-electron chi connectivity index (χ0n) is 9.97. The van der Waals surface area contributed by atoms with E-state index in [9.17, 15) is 14.4 Å². The number of amides is 5. The third-order valence-corrected chi connectivity index (χ3v) is 2.24. The van der Waals surface area contributed by atoms with Gasteiger partial charge in [0.15, 0.2) is 0 Å². The number of urea groups is 2. The van der Waals surface area contributed by atoms with Crippen molar-refractivity contribution in [2.75, 3.05) is 19.0 Å². The number of carbonyl (C=O) groups is 3. The lowest BCUT2D eigenvalue weighted by Gasteiger charge is -2.15. The van der Waals surface area contributed by atoms with Crippen molar-refractivity contribution >= 4 is 23.7 Å². The standard InChI is InChI=1S/C10H11N5O4/c1-19-8-6(3-2-4-11-8)12-9(17)14-15-5-7(16)13-10(15)18/h2-4H,5H2,1H3,(H2,12,14,17)(H,13,16,18). The lowest BCUT2D eigenvalue weighted by molar-refractivity contribution is -0.118. The fourth-order valence-electron chi connectivity index (χ4n) is 1.45. The van der Waals surface area contributed by atoms with Gasteiger partial charge in [0.25, 0.3) is 0 Å². The second kappa shape index (κ2) is 5.21. The molecule has 1 fully saturated rings. The highest BCUT2D eigenvalue weighted by atomic mass is 16.5. The van der Waals surface area contributed by atoms with E-state index in [1.165, 1.54) is 13.3 Å². The average molecular weight is 265 g/mol. The molecular formula is C10H11N5O4. The molecule has 1 aromatic rings. The van der Waals surface area contributed by atoms with Crippen molar-refractivity contribution in [3.63, 3.8) is 0 Å². The lowest BCUT2D eigenvalue weighted by Crippen LogP contribution is -2.46. The third kappa shape index (κ3) is 2.89. The maximum Gasteiger partial charge on any atom is 0.343 e. The molecule has 0 bridgehead atoms. The minimum Gasteiger partial charge on any atom is -0.480 e. The van der Waals surface area contributed by atoms with Gasteiger partial charge < -0.3 is 10.1 Å². The molecule has 3 N–H and O–H groups in total. The zero-order chi connectivity index (χ0) is 13.8. The molecule has 1 saturated heterocycles. The Kier molecular flexibility index (Phi) is 3.46. The molecule has 1 aromatic heterocycles. The Balaban J connectivity index is 1.98. The number of methoxy groups -OCH3 is 1. The van der Waals surface area contributed by atoms with E-state index in [0.717, 1.165) is 5.01 Å². The van der Waals surface area contributed by atoms with Gasteiger partial charge in [-0.1, -0.05) is 0 Å². The van der Waals surface area contributed by atoms with Gasteiger partial charge >= 0.3 is 12.1 Å². The van der Waals surface area contributed by atoms with E-state index in [1.54, 1.807) is 12.1 Å². The maximum atomic E-state index is 11.7. The first-order valence-electron chi connectivity index (χ1n) is 5.28. The molecular weight excluding hydrogens is 254 g/mol. The Morgan fingerprint density at radius 3 is 2.95 bits per heavy atom. The number of rotatable bonds is 3. The van der Waals surface area contributed by atoms with Crippen LogP contribution in [0.5, 0.6) is 5.88 Å². The van der Waals surface area contributed by atoms with Crippen molar-refractivity contribution < 1.29 is 19.1 Å². The van der Waals surface area contributed by atoms with E-state index >= 15 is 0 Å². The van der Waals surface area contributed by atoms with E-state index in [4.69, 9.17) is 4.74 Å². The molecule has 1 aliphatic heterocycles. The van der Waals surface area contributed by atoms with Crippen LogP contribution in [0.3, 0.4) is 0 Å². The Hall–Kier alpha value is -2.84. The van der Waals surface area contributed by atoms with Gasteiger partial charge in [-0.2, -0.15) is 0 Å². The van der Waals surface area contributed by atoms with E-state index < -0.39 is 18.0 Å². The van der Waals surface area contributed by atoms with Gasteiger partial charge in [0.2, 0.25) is 11.8 Å². The molecule has 0 spiro atoms. The number of hydrazine groups is 1. The van der Waals surface area contributed by atoms with Crippen LogP contribution in [-0.4, -0.2) is 41.6 Å². The van der Waals surface area contributed by atoms with Gasteiger partial charge in [-0.15, -0.1) is 0 Å². The summed E-state index contributed by atoms with van der Waals surface area (Å²) < 4.78 is 4.95. The Bertz CT molecular complexity index is 532. The summed E-state index contributed by atoms with van der Waals surface area (Å²) in [6.07, 6.45) is 1.51. The van der Waals surface area contributed by atoms with Crippen molar-refractivity contribution in [1.29, 1.82) is 0 Å². The largest absolute Gasteiger partial charge is 0.480 e. The summed E-state index contributed by atoms with van der Waals surface area (Å²) in [5.41, 5.74) is 2.57. The summed E-state index contributed by atoms with van der Waals surface area (Å²) in [6, 6.07) is 1.83. The number of pyridine rings is 1. The molecule has 100 valence electrons. The number of aromatic nitrogens is 1. The van der Waals surface area contributed by atoms with Crippen molar-refractivity contribution in [3.8, 4) is 5.88 Å². The predicted molar refractivity (Wildman–Crippen MR) is 63.2 cm³/mol. The predicted octanol–water partition coefficient (Wildman–Crippen LogP) is -0.322. The number of ether oxygens (including phenoxy) is 1. The summed E-state index contributed by atoms with van der Waals surface area (Å²) >= 11 is 0. The van der Waals surface area contributed by atoms with E-state index in [-0.39, 0.29) is 12.4 Å². The molecule has 0 radical (unpaired) electrons. The molecule has 19 heavy (non-hydrogen) atoms. The summed E-state index contributed by atoms with van der Waals surface area (Å²) in [5.74, 6) is -0.246. The molecule has 0 saturated carbocycles. The highest BCUT2D eigenvalue weighted by Crippen LogP contribution is 2.19. The topological polar surface area (TPSA) is 113 Å². The zero-order valence-corrected chi connectivity index (χ0v) is 9.97. The first kappa shape index (κ1) is 12.6. The Morgan fingerprint density at radius 1 is 1.53 bits per heavy atom. The normalized spacial score (nSPS) is 14.1. The van der Waals surface area contributed by atoms with Crippen molar-refractivity contribution in [3.05, 3.63) is 18.3 Å². The van der Waals surface area contributed by atoms with Crippen LogP contribution in [-0.2, 0) is 4.79 Å².